The molecule has 9 heteroatoms. The Kier molecular flexibility index (Phi) is 3.71. The summed E-state index contributed by atoms with van der Waals surface area (Å²) in [6.07, 6.45) is 5.00. The minimum absolute atomic E-state index is 0.0632. The van der Waals surface area contributed by atoms with E-state index < -0.39 is 0 Å². The van der Waals surface area contributed by atoms with Gasteiger partial charge in [-0.05, 0) is 19.9 Å². The Hall–Kier alpha value is -2.81. The van der Waals surface area contributed by atoms with Crippen LogP contribution in [0.25, 0.3) is 5.78 Å². The van der Waals surface area contributed by atoms with Crippen molar-refractivity contribution < 1.29 is 9.47 Å². The molecule has 140 valence electrons. The Morgan fingerprint density at radius 2 is 2.07 bits per heavy atom. The summed E-state index contributed by atoms with van der Waals surface area (Å²) >= 11 is 0. The van der Waals surface area contributed by atoms with E-state index in [-0.39, 0.29) is 11.7 Å². The third kappa shape index (κ3) is 2.97. The summed E-state index contributed by atoms with van der Waals surface area (Å²) in [4.78, 5) is 19.4. The van der Waals surface area contributed by atoms with E-state index in [1.165, 1.54) is 6.33 Å². The summed E-state index contributed by atoms with van der Waals surface area (Å²) in [6, 6.07) is 4.35. The van der Waals surface area contributed by atoms with Gasteiger partial charge in [0.25, 0.3) is 5.78 Å². The van der Waals surface area contributed by atoms with Crippen molar-refractivity contribution in [2.24, 2.45) is 0 Å². The van der Waals surface area contributed by atoms with Gasteiger partial charge in [0.2, 0.25) is 0 Å². The molecule has 0 radical (unpaired) electrons. The molecule has 0 aromatic carbocycles. The van der Waals surface area contributed by atoms with Gasteiger partial charge in [0.05, 0.1) is 19.7 Å². The largest absolute Gasteiger partial charge is 0.460 e. The molecule has 0 saturated carbocycles. The first-order chi connectivity index (χ1) is 13.1. The van der Waals surface area contributed by atoms with Crippen LogP contribution < -0.4 is 9.64 Å². The fourth-order valence-electron chi connectivity index (χ4n) is 3.88. The minimum atomic E-state index is -0.198. The van der Waals surface area contributed by atoms with Crippen molar-refractivity contribution in [2.75, 3.05) is 24.6 Å². The van der Waals surface area contributed by atoms with Gasteiger partial charge in [-0.1, -0.05) is 0 Å². The average molecular weight is 367 g/mol. The van der Waals surface area contributed by atoms with Crippen molar-refractivity contribution in [1.29, 1.82) is 0 Å². The second-order valence-corrected chi connectivity index (χ2v) is 7.33. The molecule has 0 bridgehead atoms. The van der Waals surface area contributed by atoms with E-state index in [4.69, 9.17) is 9.47 Å². The molecule has 0 N–H and O–H groups in total. The van der Waals surface area contributed by atoms with Gasteiger partial charge in [-0.3, -0.25) is 0 Å². The molecule has 3 aromatic heterocycles. The molecule has 2 aliphatic heterocycles. The number of rotatable bonds is 3. The molecule has 1 spiro atoms. The molecule has 0 aliphatic carbocycles. The van der Waals surface area contributed by atoms with Crippen molar-refractivity contribution in [2.45, 2.75) is 38.4 Å². The first-order valence-corrected chi connectivity index (χ1v) is 9.13. The van der Waals surface area contributed by atoms with Gasteiger partial charge < -0.3 is 14.4 Å². The standard InChI is InChI=1S/C18H21N7O2/c1-12-3-5-19-17(23-12)27-14-4-6-26-18(8-14)9-24(10-18)15-7-13(2)22-16-20-11-21-25(15)16/h3,5,7,11,14H,4,6,8-10H2,1-2H3/t14-/m0/s1. The van der Waals surface area contributed by atoms with Crippen molar-refractivity contribution >= 4 is 11.6 Å². The molecular formula is C18H21N7O2. The molecule has 9 nitrogen and oxygen atoms in total. The number of hydrogen-bond donors (Lipinski definition) is 0. The first kappa shape index (κ1) is 16.4. The highest BCUT2D eigenvalue weighted by atomic mass is 16.5. The first-order valence-electron chi connectivity index (χ1n) is 9.13. The highest BCUT2D eigenvalue weighted by Crippen LogP contribution is 2.38. The monoisotopic (exact) mass is 367 g/mol. The third-order valence-corrected chi connectivity index (χ3v) is 5.14. The zero-order chi connectivity index (χ0) is 18.4. The maximum atomic E-state index is 6.15. The predicted molar refractivity (Wildman–Crippen MR) is 96.8 cm³/mol. The molecule has 2 fully saturated rings. The minimum Gasteiger partial charge on any atom is -0.460 e. The zero-order valence-corrected chi connectivity index (χ0v) is 15.4. The number of aromatic nitrogens is 6. The van der Waals surface area contributed by atoms with Gasteiger partial charge in [0, 0.05) is 36.5 Å². The lowest BCUT2D eigenvalue weighted by Gasteiger charge is -2.53. The van der Waals surface area contributed by atoms with Crippen LogP contribution in [0.4, 0.5) is 5.82 Å². The number of hydrogen-bond acceptors (Lipinski definition) is 8. The van der Waals surface area contributed by atoms with Gasteiger partial charge in [0.15, 0.2) is 0 Å². The number of aryl methyl sites for hydroxylation is 2. The van der Waals surface area contributed by atoms with Crippen LogP contribution in [-0.4, -0.2) is 61.0 Å². The Bertz CT molecular complexity index is 983. The van der Waals surface area contributed by atoms with Crippen molar-refractivity contribution in [3.8, 4) is 6.01 Å². The lowest BCUT2D eigenvalue weighted by molar-refractivity contribution is -0.127. The van der Waals surface area contributed by atoms with Crippen LogP contribution in [0.1, 0.15) is 24.2 Å². The molecule has 2 aliphatic rings. The van der Waals surface area contributed by atoms with E-state index in [1.807, 2.05) is 26.0 Å². The van der Waals surface area contributed by atoms with E-state index >= 15 is 0 Å². The van der Waals surface area contributed by atoms with Gasteiger partial charge in [-0.2, -0.15) is 14.6 Å². The van der Waals surface area contributed by atoms with Crippen LogP contribution in [0, 0.1) is 13.8 Å². The number of fused-ring (bicyclic) bond motifs is 1. The van der Waals surface area contributed by atoms with Crippen LogP contribution in [-0.2, 0) is 4.74 Å². The van der Waals surface area contributed by atoms with Crippen molar-refractivity contribution in [3.63, 3.8) is 0 Å². The molecule has 0 unspecified atom stereocenters. The van der Waals surface area contributed by atoms with Crippen molar-refractivity contribution in [1.82, 2.24) is 29.5 Å². The SMILES string of the molecule is Cc1ccnc(O[C@H]2CCOC3(C2)CN(c2cc(C)nc4ncnn24)C3)n1. The Balaban J connectivity index is 1.30. The predicted octanol–water partition coefficient (Wildman–Crippen LogP) is 1.35. The van der Waals surface area contributed by atoms with E-state index in [9.17, 15) is 0 Å². The van der Waals surface area contributed by atoms with Crippen LogP contribution >= 0.6 is 0 Å². The van der Waals surface area contributed by atoms with E-state index in [1.54, 1.807) is 10.7 Å². The smallest absolute Gasteiger partial charge is 0.316 e. The van der Waals surface area contributed by atoms with Gasteiger partial charge in [-0.15, -0.1) is 0 Å². The molecule has 2 saturated heterocycles. The lowest BCUT2D eigenvalue weighted by Crippen LogP contribution is -2.67. The second kappa shape index (κ2) is 6.12. The normalized spacial score (nSPS) is 21.4. The highest BCUT2D eigenvalue weighted by Gasteiger charge is 2.49. The molecule has 5 rings (SSSR count). The second-order valence-electron chi connectivity index (χ2n) is 7.33. The fourth-order valence-corrected chi connectivity index (χ4v) is 3.88. The summed E-state index contributed by atoms with van der Waals surface area (Å²) in [7, 11) is 0. The molecule has 27 heavy (non-hydrogen) atoms. The number of nitrogens with zero attached hydrogens (tertiary/aromatic N) is 7. The van der Waals surface area contributed by atoms with Crippen LogP contribution in [0.15, 0.2) is 24.7 Å². The Labute approximate surface area is 156 Å². The summed E-state index contributed by atoms with van der Waals surface area (Å²) in [5, 5.41) is 4.29. The van der Waals surface area contributed by atoms with Gasteiger partial charge in [0.1, 0.15) is 23.9 Å². The molecule has 0 amide bonds. The van der Waals surface area contributed by atoms with Crippen LogP contribution in [0.2, 0.25) is 0 Å². The summed E-state index contributed by atoms with van der Waals surface area (Å²) in [5.41, 5.74) is 1.63. The van der Waals surface area contributed by atoms with Gasteiger partial charge >= 0.3 is 6.01 Å². The quantitative estimate of drug-likeness (QED) is 0.685. The maximum absolute atomic E-state index is 6.15. The Morgan fingerprint density at radius 3 is 2.93 bits per heavy atom. The number of anilines is 1. The van der Waals surface area contributed by atoms with Crippen LogP contribution in [0.5, 0.6) is 6.01 Å². The van der Waals surface area contributed by atoms with Crippen LogP contribution in [0.3, 0.4) is 0 Å². The van der Waals surface area contributed by atoms with Crippen molar-refractivity contribution in [3.05, 3.63) is 36.0 Å². The maximum Gasteiger partial charge on any atom is 0.316 e. The topological polar surface area (TPSA) is 90.6 Å². The van der Waals surface area contributed by atoms with E-state index in [2.05, 4.69) is 29.9 Å². The number of ether oxygens (including phenoxy) is 2. The van der Waals surface area contributed by atoms with E-state index in [0.29, 0.717) is 18.4 Å². The van der Waals surface area contributed by atoms with E-state index in [0.717, 1.165) is 43.1 Å². The lowest BCUT2D eigenvalue weighted by atomic mass is 9.84. The van der Waals surface area contributed by atoms with Gasteiger partial charge in [-0.25, -0.2) is 15.0 Å². The molecule has 5 heterocycles. The molecule has 1 atom stereocenters. The molecular weight excluding hydrogens is 346 g/mol. The Morgan fingerprint density at radius 1 is 1.19 bits per heavy atom. The average Bonchev–Trinajstić information content (AvgIpc) is 3.07. The zero-order valence-electron chi connectivity index (χ0n) is 15.4. The summed E-state index contributed by atoms with van der Waals surface area (Å²) in [6.45, 7) is 6.17. The molecule has 3 aromatic rings. The highest BCUT2D eigenvalue weighted by molar-refractivity contribution is 5.50. The third-order valence-electron chi connectivity index (χ3n) is 5.14. The summed E-state index contributed by atoms with van der Waals surface area (Å²) < 4.78 is 13.9. The fraction of sp³-hybridized carbons (Fsp3) is 0.500. The summed E-state index contributed by atoms with van der Waals surface area (Å²) in [5.74, 6) is 1.61.